The number of likely N-dealkylation sites (N-methyl/N-ethyl adjacent to an activating group) is 1. The predicted molar refractivity (Wildman–Crippen MR) is 93.6 cm³/mol. The molecule has 0 saturated carbocycles. The zero-order chi connectivity index (χ0) is 17.8. The van der Waals surface area contributed by atoms with Gasteiger partial charge in [-0.25, -0.2) is 0 Å². The summed E-state index contributed by atoms with van der Waals surface area (Å²) in [4.78, 5) is 29.1. The van der Waals surface area contributed by atoms with Crippen LogP contribution in [0.4, 0.5) is 0 Å². The summed E-state index contributed by atoms with van der Waals surface area (Å²) < 4.78 is 11.4. The van der Waals surface area contributed by atoms with Crippen molar-refractivity contribution in [1.82, 2.24) is 9.80 Å². The van der Waals surface area contributed by atoms with Crippen molar-refractivity contribution >= 4 is 11.8 Å². The molecular weight excluding hydrogens is 320 g/mol. The van der Waals surface area contributed by atoms with Crippen LogP contribution in [0, 0.1) is 5.92 Å². The normalized spacial score (nSPS) is 23.4. The average Bonchev–Trinajstić information content (AvgIpc) is 2.80. The summed E-state index contributed by atoms with van der Waals surface area (Å²) in [5.74, 6) is 0.304. The van der Waals surface area contributed by atoms with Crippen LogP contribution in [0.2, 0.25) is 0 Å². The van der Waals surface area contributed by atoms with Gasteiger partial charge in [-0.15, -0.1) is 0 Å². The predicted octanol–water partition coefficient (Wildman–Crippen LogP) is 1.79. The Morgan fingerprint density at radius 3 is 2.88 bits per heavy atom. The highest BCUT2D eigenvalue weighted by molar-refractivity contribution is 5.97. The number of fused-ring (bicyclic) bond motifs is 3. The minimum Gasteiger partial charge on any atom is -0.493 e. The van der Waals surface area contributed by atoms with Crippen LogP contribution in [0.15, 0.2) is 24.3 Å². The van der Waals surface area contributed by atoms with Crippen LogP contribution in [0.3, 0.4) is 0 Å². The molecule has 2 bridgehead atoms. The van der Waals surface area contributed by atoms with Crippen molar-refractivity contribution in [2.45, 2.75) is 25.8 Å². The summed E-state index contributed by atoms with van der Waals surface area (Å²) in [6.07, 6.45) is 1.99. The number of para-hydroxylation sites is 1. The van der Waals surface area contributed by atoms with E-state index in [0.29, 0.717) is 44.2 Å². The standard InChI is InChI=1S/C19H26N2O4/c1-3-4-9-25-17-8-6-5-7-16(17)19(23)21-10-14-12-24-13-15(11-21)20(2)18(14)22/h5-8,14-15H,3-4,9-13H2,1-2H3/t14-,15+/m1/s1. The fraction of sp³-hybridized carbons (Fsp3) is 0.579. The van der Waals surface area contributed by atoms with Crippen LogP contribution in [0.5, 0.6) is 5.75 Å². The maximum absolute atomic E-state index is 13.1. The van der Waals surface area contributed by atoms with E-state index in [4.69, 9.17) is 9.47 Å². The highest BCUT2D eigenvalue weighted by Crippen LogP contribution is 2.25. The molecule has 2 heterocycles. The molecule has 2 aliphatic rings. The molecule has 2 atom stereocenters. The van der Waals surface area contributed by atoms with Crippen molar-refractivity contribution in [3.05, 3.63) is 29.8 Å². The van der Waals surface area contributed by atoms with E-state index in [-0.39, 0.29) is 23.8 Å². The molecule has 0 N–H and O–H groups in total. The third-order valence-corrected chi connectivity index (χ3v) is 4.91. The number of nitrogens with zero attached hydrogens (tertiary/aromatic N) is 2. The smallest absolute Gasteiger partial charge is 0.257 e. The molecule has 3 rings (SSSR count). The van der Waals surface area contributed by atoms with Gasteiger partial charge in [0, 0.05) is 20.1 Å². The summed E-state index contributed by atoms with van der Waals surface area (Å²) >= 11 is 0. The molecule has 0 unspecified atom stereocenters. The maximum Gasteiger partial charge on any atom is 0.257 e. The molecule has 136 valence electrons. The monoisotopic (exact) mass is 346 g/mol. The first kappa shape index (κ1) is 17.7. The minimum absolute atomic E-state index is 0.0604. The third-order valence-electron chi connectivity index (χ3n) is 4.91. The fourth-order valence-electron chi connectivity index (χ4n) is 3.33. The number of carbonyl (C=O) groups excluding carboxylic acids is 2. The lowest BCUT2D eigenvalue weighted by atomic mass is 10.1. The van der Waals surface area contributed by atoms with Crippen LogP contribution in [0.25, 0.3) is 0 Å². The Hall–Kier alpha value is -2.08. The van der Waals surface area contributed by atoms with Crippen LogP contribution < -0.4 is 4.74 Å². The van der Waals surface area contributed by atoms with Crippen molar-refractivity contribution < 1.29 is 19.1 Å². The third kappa shape index (κ3) is 3.79. The van der Waals surface area contributed by atoms with E-state index in [0.717, 1.165) is 12.8 Å². The van der Waals surface area contributed by atoms with Crippen LogP contribution >= 0.6 is 0 Å². The highest BCUT2D eigenvalue weighted by Gasteiger charge is 2.39. The van der Waals surface area contributed by atoms with Crippen molar-refractivity contribution in [3.63, 3.8) is 0 Å². The molecule has 2 amide bonds. The zero-order valence-electron chi connectivity index (χ0n) is 14.9. The van der Waals surface area contributed by atoms with Crippen LogP contribution in [-0.2, 0) is 9.53 Å². The largest absolute Gasteiger partial charge is 0.493 e. The lowest BCUT2D eigenvalue weighted by Gasteiger charge is -2.29. The van der Waals surface area contributed by atoms with Crippen molar-refractivity contribution in [2.75, 3.05) is 40.0 Å². The second-order valence-electron chi connectivity index (χ2n) is 6.75. The van der Waals surface area contributed by atoms with E-state index < -0.39 is 0 Å². The zero-order valence-corrected chi connectivity index (χ0v) is 14.9. The van der Waals surface area contributed by atoms with Gasteiger partial charge < -0.3 is 19.3 Å². The van der Waals surface area contributed by atoms with Gasteiger partial charge in [0.25, 0.3) is 5.91 Å². The van der Waals surface area contributed by atoms with Gasteiger partial charge >= 0.3 is 0 Å². The molecular formula is C19H26N2O4. The van der Waals surface area contributed by atoms with Gasteiger partial charge in [0.05, 0.1) is 37.3 Å². The summed E-state index contributed by atoms with van der Waals surface area (Å²) in [6.45, 7) is 4.42. The van der Waals surface area contributed by atoms with E-state index >= 15 is 0 Å². The van der Waals surface area contributed by atoms with Crippen LogP contribution in [-0.4, -0.2) is 67.6 Å². The molecule has 0 radical (unpaired) electrons. The summed E-state index contributed by atoms with van der Waals surface area (Å²) in [5, 5.41) is 0. The Morgan fingerprint density at radius 2 is 2.08 bits per heavy atom. The topological polar surface area (TPSA) is 59.1 Å². The number of amides is 2. The number of rotatable bonds is 5. The fourth-order valence-corrected chi connectivity index (χ4v) is 3.33. The molecule has 2 fully saturated rings. The first-order chi connectivity index (χ1) is 12.1. The second-order valence-corrected chi connectivity index (χ2v) is 6.75. The average molecular weight is 346 g/mol. The van der Waals surface area contributed by atoms with E-state index in [2.05, 4.69) is 6.92 Å². The van der Waals surface area contributed by atoms with Gasteiger partial charge in [0.15, 0.2) is 0 Å². The van der Waals surface area contributed by atoms with Gasteiger partial charge in [-0.3, -0.25) is 9.59 Å². The summed E-state index contributed by atoms with van der Waals surface area (Å²) in [7, 11) is 1.80. The molecule has 2 saturated heterocycles. The molecule has 25 heavy (non-hydrogen) atoms. The van der Waals surface area contributed by atoms with E-state index in [1.165, 1.54) is 0 Å². The molecule has 0 aromatic heterocycles. The molecule has 6 nitrogen and oxygen atoms in total. The lowest BCUT2D eigenvalue weighted by molar-refractivity contribution is -0.133. The van der Waals surface area contributed by atoms with E-state index in [9.17, 15) is 9.59 Å². The molecule has 0 aliphatic carbocycles. The first-order valence-electron chi connectivity index (χ1n) is 8.97. The number of benzene rings is 1. The van der Waals surface area contributed by atoms with Gasteiger partial charge in [-0.1, -0.05) is 25.5 Å². The van der Waals surface area contributed by atoms with E-state index in [1.54, 1.807) is 22.9 Å². The van der Waals surface area contributed by atoms with Gasteiger partial charge in [0.1, 0.15) is 5.75 Å². The quantitative estimate of drug-likeness (QED) is 0.763. The summed E-state index contributed by atoms with van der Waals surface area (Å²) in [6, 6.07) is 7.25. The second kappa shape index (κ2) is 7.87. The highest BCUT2D eigenvalue weighted by atomic mass is 16.5. The van der Waals surface area contributed by atoms with Crippen LogP contribution in [0.1, 0.15) is 30.1 Å². The Bertz CT molecular complexity index is 634. The minimum atomic E-state index is -0.297. The van der Waals surface area contributed by atoms with Gasteiger partial charge in [-0.2, -0.15) is 0 Å². The van der Waals surface area contributed by atoms with Crippen molar-refractivity contribution in [1.29, 1.82) is 0 Å². The summed E-state index contributed by atoms with van der Waals surface area (Å²) in [5.41, 5.74) is 0.564. The Labute approximate surface area is 148 Å². The SMILES string of the molecule is CCCCOc1ccccc1C(=O)N1C[C@@H]2COC[C@H](C1)N(C)C2=O. The van der Waals surface area contributed by atoms with Gasteiger partial charge in [0.2, 0.25) is 5.91 Å². The number of hydrogen-bond acceptors (Lipinski definition) is 4. The van der Waals surface area contributed by atoms with Crippen molar-refractivity contribution in [3.8, 4) is 5.75 Å². The number of ether oxygens (including phenoxy) is 2. The Balaban J connectivity index is 1.80. The lowest BCUT2D eigenvalue weighted by Crippen LogP contribution is -2.45. The molecule has 6 heteroatoms. The first-order valence-corrected chi connectivity index (χ1v) is 8.97. The number of unbranched alkanes of at least 4 members (excludes halogenated alkanes) is 1. The molecule has 2 aliphatic heterocycles. The van der Waals surface area contributed by atoms with Gasteiger partial charge in [-0.05, 0) is 18.6 Å². The molecule has 1 aromatic rings. The Morgan fingerprint density at radius 1 is 1.28 bits per heavy atom. The number of carbonyl (C=O) groups is 2. The van der Waals surface area contributed by atoms with E-state index in [1.807, 2.05) is 18.2 Å². The molecule has 0 spiro atoms. The Kier molecular flexibility index (Phi) is 5.58. The maximum atomic E-state index is 13.1. The number of hydrogen-bond donors (Lipinski definition) is 0. The molecule has 1 aromatic carbocycles. The van der Waals surface area contributed by atoms with Crippen molar-refractivity contribution in [2.24, 2.45) is 5.92 Å².